The molecule has 0 aromatic heterocycles. The Kier molecular flexibility index (Phi) is 5.87. The number of nitrogens with zero attached hydrogens (tertiary/aromatic N) is 1. The van der Waals surface area contributed by atoms with E-state index in [-0.39, 0.29) is 11.3 Å². The van der Waals surface area contributed by atoms with Gasteiger partial charge in [-0.15, -0.1) is 0 Å². The number of amides is 1. The third-order valence-corrected chi connectivity index (χ3v) is 4.35. The van der Waals surface area contributed by atoms with E-state index >= 15 is 0 Å². The van der Waals surface area contributed by atoms with Crippen LogP contribution in [0.1, 0.15) is 21.5 Å². The van der Waals surface area contributed by atoms with Crippen LogP contribution < -0.4 is 10.2 Å². The van der Waals surface area contributed by atoms with Crippen LogP contribution >= 0.6 is 0 Å². The van der Waals surface area contributed by atoms with Crippen molar-refractivity contribution in [2.75, 3.05) is 17.3 Å². The summed E-state index contributed by atoms with van der Waals surface area (Å²) >= 11 is 0. The van der Waals surface area contributed by atoms with E-state index in [0.717, 1.165) is 29.8 Å². The van der Waals surface area contributed by atoms with Crippen molar-refractivity contribution in [1.29, 1.82) is 0 Å². The van der Waals surface area contributed by atoms with Crippen LogP contribution in [0.3, 0.4) is 0 Å². The highest BCUT2D eigenvalue weighted by atomic mass is 19.4. The van der Waals surface area contributed by atoms with Crippen LogP contribution in [0.4, 0.5) is 28.9 Å². The van der Waals surface area contributed by atoms with E-state index in [9.17, 15) is 22.4 Å². The van der Waals surface area contributed by atoms with Crippen molar-refractivity contribution in [2.24, 2.45) is 0 Å². The lowest BCUT2D eigenvalue weighted by Crippen LogP contribution is -2.21. The van der Waals surface area contributed by atoms with Crippen molar-refractivity contribution in [1.82, 2.24) is 0 Å². The van der Waals surface area contributed by atoms with Gasteiger partial charge in [0.25, 0.3) is 5.91 Å². The number of nitrogens with one attached hydrogen (secondary N) is 1. The van der Waals surface area contributed by atoms with Gasteiger partial charge < -0.3 is 10.2 Å². The maximum Gasteiger partial charge on any atom is 0.416 e. The lowest BCUT2D eigenvalue weighted by atomic mass is 10.1. The van der Waals surface area contributed by atoms with Crippen molar-refractivity contribution < 1.29 is 22.4 Å². The zero-order valence-corrected chi connectivity index (χ0v) is 15.5. The highest BCUT2D eigenvalue weighted by Gasteiger charge is 2.31. The van der Waals surface area contributed by atoms with Crippen LogP contribution in [0.25, 0.3) is 0 Å². The monoisotopic (exact) mass is 402 g/mol. The second kappa shape index (κ2) is 8.34. The van der Waals surface area contributed by atoms with Crippen LogP contribution in [0.15, 0.2) is 72.8 Å². The molecule has 3 nitrogen and oxygen atoms in total. The standard InChI is InChI=1S/C22H18F4N2O/c1-28(14-15-5-3-2-4-6-15)20-12-9-17(22(24,25)26)13-19(20)27-21(29)16-7-10-18(23)11-8-16/h2-13H,14H2,1H3,(H,27,29). The highest BCUT2D eigenvalue weighted by Crippen LogP contribution is 2.35. The van der Waals surface area contributed by atoms with E-state index in [2.05, 4.69) is 5.32 Å². The van der Waals surface area contributed by atoms with E-state index in [4.69, 9.17) is 0 Å². The molecule has 1 N–H and O–H groups in total. The number of carbonyl (C=O) groups excluding carboxylic acids is 1. The van der Waals surface area contributed by atoms with Gasteiger partial charge in [0.1, 0.15) is 5.82 Å². The third kappa shape index (κ3) is 5.13. The average Bonchev–Trinajstić information content (AvgIpc) is 2.68. The fourth-order valence-corrected chi connectivity index (χ4v) is 2.88. The van der Waals surface area contributed by atoms with Crippen molar-refractivity contribution >= 4 is 17.3 Å². The second-order valence-corrected chi connectivity index (χ2v) is 6.53. The zero-order chi connectivity index (χ0) is 21.0. The van der Waals surface area contributed by atoms with Gasteiger partial charge in [0.2, 0.25) is 0 Å². The summed E-state index contributed by atoms with van der Waals surface area (Å²) in [6.45, 7) is 0.436. The zero-order valence-electron chi connectivity index (χ0n) is 15.5. The van der Waals surface area contributed by atoms with Gasteiger partial charge in [0.05, 0.1) is 16.9 Å². The van der Waals surface area contributed by atoms with Crippen LogP contribution in [0, 0.1) is 5.82 Å². The summed E-state index contributed by atoms with van der Waals surface area (Å²) in [4.78, 5) is 14.2. The molecule has 0 unspecified atom stereocenters. The fraction of sp³-hybridized carbons (Fsp3) is 0.136. The van der Waals surface area contributed by atoms with E-state index in [1.165, 1.54) is 18.2 Å². The molecular weight excluding hydrogens is 384 g/mol. The highest BCUT2D eigenvalue weighted by molar-refractivity contribution is 6.06. The summed E-state index contributed by atoms with van der Waals surface area (Å²) in [6, 6.07) is 17.4. The van der Waals surface area contributed by atoms with Gasteiger partial charge in [0, 0.05) is 19.2 Å². The topological polar surface area (TPSA) is 32.3 Å². The molecule has 3 aromatic carbocycles. The number of alkyl halides is 3. The predicted molar refractivity (Wildman–Crippen MR) is 104 cm³/mol. The summed E-state index contributed by atoms with van der Waals surface area (Å²) < 4.78 is 52.6. The third-order valence-electron chi connectivity index (χ3n) is 4.35. The summed E-state index contributed by atoms with van der Waals surface area (Å²) in [5.41, 5.74) is 0.680. The Balaban J connectivity index is 1.93. The maximum atomic E-state index is 13.2. The lowest BCUT2D eigenvalue weighted by Gasteiger charge is -2.24. The van der Waals surface area contributed by atoms with E-state index in [0.29, 0.717) is 12.2 Å². The molecule has 29 heavy (non-hydrogen) atoms. The Hall–Kier alpha value is -3.35. The Morgan fingerprint density at radius 3 is 2.24 bits per heavy atom. The first-order valence-electron chi connectivity index (χ1n) is 8.77. The van der Waals surface area contributed by atoms with E-state index in [1.807, 2.05) is 30.3 Å². The number of hydrogen-bond donors (Lipinski definition) is 1. The molecule has 0 radical (unpaired) electrons. The minimum atomic E-state index is -4.55. The van der Waals surface area contributed by atoms with Crippen LogP contribution in [-0.2, 0) is 12.7 Å². The molecule has 150 valence electrons. The average molecular weight is 402 g/mol. The van der Waals surface area contributed by atoms with Crippen molar-refractivity contribution in [3.8, 4) is 0 Å². The van der Waals surface area contributed by atoms with Gasteiger partial charge in [-0.3, -0.25) is 4.79 Å². The SMILES string of the molecule is CN(Cc1ccccc1)c1ccc(C(F)(F)F)cc1NC(=O)c1ccc(F)cc1. The van der Waals surface area contributed by atoms with Gasteiger partial charge in [-0.2, -0.15) is 13.2 Å². The summed E-state index contributed by atoms with van der Waals surface area (Å²) in [5.74, 6) is -1.14. The fourth-order valence-electron chi connectivity index (χ4n) is 2.88. The molecule has 0 saturated heterocycles. The first-order chi connectivity index (χ1) is 13.7. The Morgan fingerprint density at radius 1 is 0.966 bits per heavy atom. The minimum Gasteiger partial charge on any atom is -0.369 e. The molecule has 3 aromatic rings. The number of rotatable bonds is 5. The first kappa shape index (κ1) is 20.4. The number of anilines is 2. The molecule has 1 amide bonds. The Morgan fingerprint density at radius 2 is 1.62 bits per heavy atom. The summed E-state index contributed by atoms with van der Waals surface area (Å²) in [7, 11) is 1.73. The van der Waals surface area contributed by atoms with Gasteiger partial charge in [-0.1, -0.05) is 30.3 Å². The molecule has 0 aliphatic rings. The molecule has 0 bridgehead atoms. The van der Waals surface area contributed by atoms with Gasteiger partial charge in [0.15, 0.2) is 0 Å². The summed E-state index contributed by atoms with van der Waals surface area (Å²) in [5, 5.41) is 2.52. The molecule has 3 rings (SSSR count). The van der Waals surface area contributed by atoms with E-state index < -0.39 is 23.5 Å². The normalized spacial score (nSPS) is 11.2. The molecule has 0 aliphatic carbocycles. The molecule has 7 heteroatoms. The minimum absolute atomic E-state index is 0.0209. The maximum absolute atomic E-state index is 13.2. The molecule has 0 heterocycles. The molecule has 0 fully saturated rings. The molecule has 0 aliphatic heterocycles. The van der Waals surface area contributed by atoms with Crippen molar-refractivity contribution in [3.63, 3.8) is 0 Å². The van der Waals surface area contributed by atoms with Crippen LogP contribution in [-0.4, -0.2) is 13.0 Å². The number of benzene rings is 3. The predicted octanol–water partition coefficient (Wildman–Crippen LogP) is 5.73. The van der Waals surface area contributed by atoms with E-state index in [1.54, 1.807) is 11.9 Å². The molecule has 0 atom stereocenters. The van der Waals surface area contributed by atoms with Crippen molar-refractivity contribution in [2.45, 2.75) is 12.7 Å². The smallest absolute Gasteiger partial charge is 0.369 e. The number of halogens is 4. The van der Waals surface area contributed by atoms with Gasteiger partial charge in [-0.25, -0.2) is 4.39 Å². The molecule has 0 spiro atoms. The lowest BCUT2D eigenvalue weighted by molar-refractivity contribution is -0.137. The number of hydrogen-bond acceptors (Lipinski definition) is 2. The van der Waals surface area contributed by atoms with Gasteiger partial charge >= 0.3 is 6.18 Å². The largest absolute Gasteiger partial charge is 0.416 e. The van der Waals surface area contributed by atoms with Crippen molar-refractivity contribution in [3.05, 3.63) is 95.3 Å². The van der Waals surface area contributed by atoms with Crippen LogP contribution in [0.2, 0.25) is 0 Å². The summed E-state index contributed by atoms with van der Waals surface area (Å²) in [6.07, 6.45) is -4.55. The molecule has 0 saturated carbocycles. The Bertz CT molecular complexity index is 986. The molecular formula is C22H18F4N2O. The number of carbonyl (C=O) groups is 1. The van der Waals surface area contributed by atoms with Crippen LogP contribution in [0.5, 0.6) is 0 Å². The second-order valence-electron chi connectivity index (χ2n) is 6.53. The quantitative estimate of drug-likeness (QED) is 0.553. The Labute approximate surface area is 165 Å². The van der Waals surface area contributed by atoms with Gasteiger partial charge in [-0.05, 0) is 48.0 Å². The first-order valence-corrected chi connectivity index (χ1v) is 8.77.